The van der Waals surface area contributed by atoms with E-state index in [4.69, 9.17) is 28.5 Å². The molecule has 0 heterocycles. The van der Waals surface area contributed by atoms with Crippen molar-refractivity contribution in [3.63, 3.8) is 0 Å². The molecule has 0 bridgehead atoms. The van der Waals surface area contributed by atoms with Gasteiger partial charge in [-0.05, 0) is 0 Å². The second kappa shape index (κ2) is 6.54. The quantitative estimate of drug-likeness (QED) is 0.480. The molecule has 0 fully saturated rings. The molecule has 0 amide bonds. The normalized spacial score (nSPS) is 13.2. The summed E-state index contributed by atoms with van der Waals surface area (Å²) in [5.74, 6) is -1.12. The third-order valence-corrected chi connectivity index (χ3v) is 5.13. The van der Waals surface area contributed by atoms with Gasteiger partial charge in [0.05, 0.1) is 0 Å². The van der Waals surface area contributed by atoms with Gasteiger partial charge in [0.25, 0.3) is 0 Å². The highest BCUT2D eigenvalue weighted by Gasteiger charge is 2.40. The van der Waals surface area contributed by atoms with Crippen molar-refractivity contribution in [1.29, 1.82) is 0 Å². The summed E-state index contributed by atoms with van der Waals surface area (Å²) in [6.45, 7) is 0. The third-order valence-electron chi connectivity index (χ3n) is 2.40. The molecular formula is C8H21NO5Si. The Labute approximate surface area is 92.0 Å². The van der Waals surface area contributed by atoms with Crippen LogP contribution in [0.2, 0.25) is 6.04 Å². The summed E-state index contributed by atoms with van der Waals surface area (Å²) in [4.78, 5) is 0. The zero-order chi connectivity index (χ0) is 11.9. The molecule has 0 rings (SSSR count). The molecule has 0 atom stereocenters. The average molecular weight is 239 g/mol. The van der Waals surface area contributed by atoms with E-state index in [1.165, 1.54) is 14.2 Å². The maximum atomic E-state index is 5.78. The summed E-state index contributed by atoms with van der Waals surface area (Å²) in [5.41, 5.74) is 5.78. The van der Waals surface area contributed by atoms with E-state index < -0.39 is 14.7 Å². The first kappa shape index (κ1) is 15.0. The maximum absolute atomic E-state index is 5.78. The lowest BCUT2D eigenvalue weighted by Gasteiger charge is -2.30. The van der Waals surface area contributed by atoms with Crippen molar-refractivity contribution >= 4 is 8.80 Å². The smallest absolute Gasteiger partial charge is 0.377 e. The van der Waals surface area contributed by atoms with Gasteiger partial charge >= 0.3 is 8.80 Å². The van der Waals surface area contributed by atoms with Crippen molar-refractivity contribution in [2.24, 2.45) is 5.73 Å². The molecule has 0 saturated carbocycles. The van der Waals surface area contributed by atoms with Gasteiger partial charge < -0.3 is 22.8 Å². The van der Waals surface area contributed by atoms with Gasteiger partial charge in [0.15, 0.2) is 0 Å². The molecule has 0 saturated heterocycles. The van der Waals surface area contributed by atoms with Crippen molar-refractivity contribution in [2.75, 3.05) is 35.5 Å². The molecule has 0 aliphatic heterocycles. The van der Waals surface area contributed by atoms with Gasteiger partial charge in [-0.25, -0.2) is 0 Å². The minimum atomic E-state index is -2.60. The lowest BCUT2D eigenvalue weighted by atomic mass is 10.4. The number of ether oxygens (including phenoxy) is 2. The summed E-state index contributed by atoms with van der Waals surface area (Å²) >= 11 is 0. The van der Waals surface area contributed by atoms with Crippen molar-refractivity contribution in [3.8, 4) is 0 Å². The van der Waals surface area contributed by atoms with Gasteiger partial charge in [0, 0.05) is 48.0 Å². The van der Waals surface area contributed by atoms with Crippen molar-refractivity contribution < 1.29 is 22.8 Å². The van der Waals surface area contributed by atoms with E-state index in [9.17, 15) is 0 Å². The Morgan fingerprint density at radius 1 is 0.933 bits per heavy atom. The summed E-state index contributed by atoms with van der Waals surface area (Å²) in [6.07, 6.45) is 0.432. The van der Waals surface area contributed by atoms with E-state index in [0.29, 0.717) is 12.5 Å². The first-order chi connectivity index (χ1) is 7.01. The van der Waals surface area contributed by atoms with E-state index >= 15 is 0 Å². The first-order valence-corrected chi connectivity index (χ1v) is 6.49. The Morgan fingerprint density at radius 3 is 1.60 bits per heavy atom. The van der Waals surface area contributed by atoms with E-state index in [1.807, 2.05) is 0 Å². The Bertz CT molecular complexity index is 164. The Morgan fingerprint density at radius 2 is 1.33 bits per heavy atom. The van der Waals surface area contributed by atoms with Gasteiger partial charge in [0.1, 0.15) is 0 Å². The monoisotopic (exact) mass is 239 g/mol. The van der Waals surface area contributed by atoms with Gasteiger partial charge in [-0.1, -0.05) is 0 Å². The number of nitrogens with two attached hydrogens (primary N) is 1. The van der Waals surface area contributed by atoms with Crippen LogP contribution in [0.1, 0.15) is 6.42 Å². The maximum Gasteiger partial charge on any atom is 0.500 e. The van der Waals surface area contributed by atoms with E-state index in [-0.39, 0.29) is 0 Å². The second-order valence-corrected chi connectivity index (χ2v) is 6.11. The SMILES string of the molecule is COC(N)(CC[Si](OC)(OC)OC)OC. The molecule has 0 aliphatic carbocycles. The molecule has 0 unspecified atom stereocenters. The summed E-state index contributed by atoms with van der Waals surface area (Å²) in [7, 11) is 5.03. The molecule has 6 nitrogen and oxygen atoms in total. The third kappa shape index (κ3) is 4.15. The number of methoxy groups -OCH3 is 2. The number of rotatable bonds is 8. The molecule has 0 spiro atoms. The highest BCUT2D eigenvalue weighted by molar-refractivity contribution is 6.60. The van der Waals surface area contributed by atoms with Crippen LogP contribution in [-0.4, -0.2) is 50.3 Å². The predicted molar refractivity (Wildman–Crippen MR) is 57.1 cm³/mol. The van der Waals surface area contributed by atoms with Gasteiger partial charge in [-0.15, -0.1) is 0 Å². The van der Waals surface area contributed by atoms with Crippen molar-refractivity contribution in [1.82, 2.24) is 0 Å². The molecule has 2 N–H and O–H groups in total. The number of hydrogen-bond donors (Lipinski definition) is 1. The molecule has 92 valence electrons. The Hall–Kier alpha value is -0.0231. The van der Waals surface area contributed by atoms with Gasteiger partial charge in [0.2, 0.25) is 5.91 Å². The fraction of sp³-hybridized carbons (Fsp3) is 1.00. The molecular weight excluding hydrogens is 218 g/mol. The standard InChI is InChI=1S/C8H21NO5Si/c1-10-8(9,11-2)6-7-15(12-3,13-4)14-5/h6-7,9H2,1-5H3. The highest BCUT2D eigenvalue weighted by atomic mass is 28.4. The Kier molecular flexibility index (Phi) is 6.53. The molecule has 0 aromatic rings. The molecule has 7 heteroatoms. The summed E-state index contributed by atoms with van der Waals surface area (Å²) in [5, 5.41) is 0. The van der Waals surface area contributed by atoms with Crippen LogP contribution in [0.5, 0.6) is 0 Å². The fourth-order valence-corrected chi connectivity index (χ4v) is 2.94. The van der Waals surface area contributed by atoms with Crippen molar-refractivity contribution in [2.45, 2.75) is 18.4 Å². The highest BCUT2D eigenvalue weighted by Crippen LogP contribution is 2.21. The van der Waals surface area contributed by atoms with Crippen LogP contribution in [0.4, 0.5) is 0 Å². The number of hydrogen-bond acceptors (Lipinski definition) is 6. The second-order valence-electron chi connectivity index (χ2n) is 3.02. The van der Waals surface area contributed by atoms with E-state index in [2.05, 4.69) is 0 Å². The topological polar surface area (TPSA) is 72.2 Å². The first-order valence-electron chi connectivity index (χ1n) is 4.56. The molecule has 0 aromatic heterocycles. The largest absolute Gasteiger partial charge is 0.500 e. The van der Waals surface area contributed by atoms with Crippen LogP contribution >= 0.6 is 0 Å². The Balaban J connectivity index is 4.32. The molecule has 0 aromatic carbocycles. The zero-order valence-corrected chi connectivity index (χ0v) is 11.0. The van der Waals surface area contributed by atoms with E-state index in [1.54, 1.807) is 21.3 Å². The molecule has 15 heavy (non-hydrogen) atoms. The van der Waals surface area contributed by atoms with Crippen LogP contribution in [0, 0.1) is 0 Å². The van der Waals surface area contributed by atoms with Crippen LogP contribution < -0.4 is 5.73 Å². The minimum absolute atomic E-state index is 0.432. The fourth-order valence-electron chi connectivity index (χ4n) is 1.17. The lowest BCUT2D eigenvalue weighted by molar-refractivity contribution is -0.204. The summed E-state index contributed by atoms with van der Waals surface area (Å²) in [6, 6.07) is 0.523. The van der Waals surface area contributed by atoms with Crippen LogP contribution in [0.3, 0.4) is 0 Å². The summed E-state index contributed by atoms with van der Waals surface area (Å²) < 4.78 is 25.8. The predicted octanol–water partition coefficient (Wildman–Crippen LogP) is 0.160. The van der Waals surface area contributed by atoms with Crippen LogP contribution in [-0.2, 0) is 22.8 Å². The van der Waals surface area contributed by atoms with Crippen LogP contribution in [0.15, 0.2) is 0 Å². The average Bonchev–Trinajstić information content (AvgIpc) is 2.31. The van der Waals surface area contributed by atoms with Gasteiger partial charge in [-0.3, -0.25) is 5.73 Å². The lowest BCUT2D eigenvalue weighted by Crippen LogP contribution is -2.49. The van der Waals surface area contributed by atoms with Gasteiger partial charge in [-0.2, -0.15) is 0 Å². The zero-order valence-electron chi connectivity index (χ0n) is 10.0. The van der Waals surface area contributed by atoms with Crippen LogP contribution in [0.25, 0.3) is 0 Å². The minimum Gasteiger partial charge on any atom is -0.377 e. The van der Waals surface area contributed by atoms with Crippen molar-refractivity contribution in [3.05, 3.63) is 0 Å². The van der Waals surface area contributed by atoms with E-state index in [0.717, 1.165) is 0 Å². The molecule has 0 radical (unpaired) electrons. The molecule has 0 aliphatic rings.